The van der Waals surface area contributed by atoms with E-state index in [2.05, 4.69) is 4.98 Å². The molecule has 0 saturated heterocycles. The molecule has 1 aromatic carbocycles. The van der Waals surface area contributed by atoms with Gasteiger partial charge in [0.05, 0.1) is 17.8 Å². The zero-order valence-electron chi connectivity index (χ0n) is 11.2. The first kappa shape index (κ1) is 14.3. The standard InChI is InChI=1S/C15H15ClN2O2/c1-10(11-4-3-5-13(16)6-11)18(2)15(20)12-7-14(19)9-17-8-12/h3-10,19H,1-2H3. The fraction of sp³-hybridized carbons (Fsp3) is 0.200. The van der Waals surface area contributed by atoms with Crippen molar-refractivity contribution in [1.29, 1.82) is 0 Å². The van der Waals surface area contributed by atoms with E-state index in [0.29, 0.717) is 10.6 Å². The lowest BCUT2D eigenvalue weighted by Gasteiger charge is -2.25. The van der Waals surface area contributed by atoms with Gasteiger partial charge in [-0.1, -0.05) is 23.7 Å². The summed E-state index contributed by atoms with van der Waals surface area (Å²) in [5.74, 6) is -0.236. The van der Waals surface area contributed by atoms with Gasteiger partial charge in [-0.3, -0.25) is 9.78 Å². The Bertz CT molecular complexity index is 631. The van der Waals surface area contributed by atoms with E-state index in [4.69, 9.17) is 11.6 Å². The fourth-order valence-electron chi connectivity index (χ4n) is 1.91. The second-order valence-corrected chi connectivity index (χ2v) is 5.02. The number of amides is 1. The second-order valence-electron chi connectivity index (χ2n) is 4.58. The average Bonchev–Trinajstić information content (AvgIpc) is 2.45. The van der Waals surface area contributed by atoms with Crippen LogP contribution in [0.5, 0.6) is 5.75 Å². The van der Waals surface area contributed by atoms with Gasteiger partial charge in [0.25, 0.3) is 5.91 Å². The van der Waals surface area contributed by atoms with E-state index < -0.39 is 0 Å². The number of carbonyl (C=O) groups is 1. The summed E-state index contributed by atoms with van der Waals surface area (Å²) >= 11 is 5.96. The topological polar surface area (TPSA) is 53.4 Å². The highest BCUT2D eigenvalue weighted by Crippen LogP contribution is 2.23. The molecular weight excluding hydrogens is 276 g/mol. The van der Waals surface area contributed by atoms with Crippen LogP contribution in [0.15, 0.2) is 42.7 Å². The molecule has 0 aliphatic rings. The summed E-state index contributed by atoms with van der Waals surface area (Å²) in [4.78, 5) is 17.7. The molecule has 0 fully saturated rings. The van der Waals surface area contributed by atoms with E-state index in [-0.39, 0.29) is 17.7 Å². The maximum atomic E-state index is 12.3. The Morgan fingerprint density at radius 1 is 1.35 bits per heavy atom. The molecule has 5 heteroatoms. The largest absolute Gasteiger partial charge is 0.506 e. The summed E-state index contributed by atoms with van der Waals surface area (Å²) < 4.78 is 0. The normalized spacial score (nSPS) is 11.9. The number of hydrogen-bond donors (Lipinski definition) is 1. The van der Waals surface area contributed by atoms with Crippen molar-refractivity contribution >= 4 is 17.5 Å². The number of halogens is 1. The van der Waals surface area contributed by atoms with Crippen LogP contribution in [-0.2, 0) is 0 Å². The van der Waals surface area contributed by atoms with Crippen molar-refractivity contribution in [1.82, 2.24) is 9.88 Å². The average molecular weight is 291 g/mol. The van der Waals surface area contributed by atoms with Gasteiger partial charge < -0.3 is 10.0 Å². The third-order valence-corrected chi connectivity index (χ3v) is 3.44. The molecule has 1 heterocycles. The highest BCUT2D eigenvalue weighted by atomic mass is 35.5. The van der Waals surface area contributed by atoms with Gasteiger partial charge >= 0.3 is 0 Å². The van der Waals surface area contributed by atoms with Gasteiger partial charge in [0, 0.05) is 18.3 Å². The molecular formula is C15H15ClN2O2. The smallest absolute Gasteiger partial charge is 0.255 e. The minimum absolute atomic E-state index is 0.0281. The van der Waals surface area contributed by atoms with Crippen molar-refractivity contribution in [3.63, 3.8) is 0 Å². The van der Waals surface area contributed by atoms with Gasteiger partial charge in [-0.2, -0.15) is 0 Å². The van der Waals surface area contributed by atoms with E-state index in [1.807, 2.05) is 25.1 Å². The third kappa shape index (κ3) is 3.08. The van der Waals surface area contributed by atoms with Crippen LogP contribution in [0.1, 0.15) is 28.9 Å². The zero-order valence-corrected chi connectivity index (χ0v) is 12.0. The molecule has 1 atom stereocenters. The molecule has 1 N–H and O–H groups in total. The number of aromatic nitrogens is 1. The van der Waals surface area contributed by atoms with Gasteiger partial charge in [-0.25, -0.2) is 0 Å². The van der Waals surface area contributed by atoms with Gasteiger partial charge in [-0.15, -0.1) is 0 Å². The van der Waals surface area contributed by atoms with Gasteiger partial charge in [-0.05, 0) is 30.7 Å². The second kappa shape index (κ2) is 5.92. The number of nitrogens with zero attached hydrogens (tertiary/aromatic N) is 2. The highest BCUT2D eigenvalue weighted by molar-refractivity contribution is 6.30. The van der Waals surface area contributed by atoms with Crippen LogP contribution in [0.4, 0.5) is 0 Å². The van der Waals surface area contributed by atoms with Crippen molar-refractivity contribution in [2.24, 2.45) is 0 Å². The fourth-order valence-corrected chi connectivity index (χ4v) is 2.11. The zero-order chi connectivity index (χ0) is 14.7. The molecule has 1 unspecified atom stereocenters. The van der Waals surface area contributed by atoms with Crippen LogP contribution in [0.25, 0.3) is 0 Å². The van der Waals surface area contributed by atoms with E-state index in [9.17, 15) is 9.90 Å². The molecule has 0 saturated carbocycles. The van der Waals surface area contributed by atoms with Crippen LogP contribution in [0, 0.1) is 0 Å². The molecule has 0 aliphatic carbocycles. The molecule has 0 radical (unpaired) electrons. The van der Waals surface area contributed by atoms with Crippen molar-refractivity contribution in [2.45, 2.75) is 13.0 Å². The lowest BCUT2D eigenvalue weighted by Crippen LogP contribution is -2.29. The summed E-state index contributed by atoms with van der Waals surface area (Å²) in [6.45, 7) is 1.92. The minimum Gasteiger partial charge on any atom is -0.506 e. The Morgan fingerprint density at radius 2 is 2.10 bits per heavy atom. The first-order valence-electron chi connectivity index (χ1n) is 6.15. The lowest BCUT2D eigenvalue weighted by atomic mass is 10.1. The number of pyridine rings is 1. The van der Waals surface area contributed by atoms with E-state index in [0.717, 1.165) is 5.56 Å². The first-order chi connectivity index (χ1) is 9.49. The van der Waals surface area contributed by atoms with Crippen LogP contribution in [-0.4, -0.2) is 27.9 Å². The monoisotopic (exact) mass is 290 g/mol. The maximum Gasteiger partial charge on any atom is 0.255 e. The molecule has 1 amide bonds. The summed E-state index contributed by atoms with van der Waals surface area (Å²) in [5.41, 5.74) is 1.29. The molecule has 2 rings (SSSR count). The molecule has 0 bridgehead atoms. The van der Waals surface area contributed by atoms with Gasteiger partial charge in [0.15, 0.2) is 0 Å². The predicted octanol–water partition coefficient (Wildman–Crippen LogP) is 3.27. The number of aromatic hydroxyl groups is 1. The molecule has 2 aromatic rings. The number of carbonyl (C=O) groups excluding carboxylic acids is 1. The molecule has 104 valence electrons. The maximum absolute atomic E-state index is 12.3. The van der Waals surface area contributed by atoms with Crippen LogP contribution in [0.2, 0.25) is 5.02 Å². The quantitative estimate of drug-likeness (QED) is 0.944. The van der Waals surface area contributed by atoms with E-state index in [1.54, 1.807) is 18.0 Å². The van der Waals surface area contributed by atoms with Crippen LogP contribution < -0.4 is 0 Å². The summed E-state index contributed by atoms with van der Waals surface area (Å²) in [5, 5.41) is 10.0. The van der Waals surface area contributed by atoms with E-state index in [1.165, 1.54) is 18.5 Å². The van der Waals surface area contributed by atoms with Crippen molar-refractivity contribution < 1.29 is 9.90 Å². The molecule has 0 aliphatic heterocycles. The third-order valence-electron chi connectivity index (χ3n) is 3.20. The van der Waals surface area contributed by atoms with E-state index >= 15 is 0 Å². The minimum atomic E-state index is -0.208. The van der Waals surface area contributed by atoms with Crippen molar-refractivity contribution in [3.8, 4) is 5.75 Å². The highest BCUT2D eigenvalue weighted by Gasteiger charge is 2.19. The van der Waals surface area contributed by atoms with Crippen LogP contribution in [0.3, 0.4) is 0 Å². The summed E-state index contributed by atoms with van der Waals surface area (Å²) in [6.07, 6.45) is 2.72. The Balaban J connectivity index is 2.22. The SMILES string of the molecule is CC(c1cccc(Cl)c1)N(C)C(=O)c1cncc(O)c1. The number of hydrogen-bond acceptors (Lipinski definition) is 3. The molecule has 20 heavy (non-hydrogen) atoms. The number of benzene rings is 1. The predicted molar refractivity (Wildman–Crippen MR) is 77.9 cm³/mol. The van der Waals surface area contributed by atoms with Crippen molar-refractivity contribution in [2.75, 3.05) is 7.05 Å². The molecule has 0 spiro atoms. The Morgan fingerprint density at radius 3 is 2.75 bits per heavy atom. The molecule has 1 aromatic heterocycles. The first-order valence-corrected chi connectivity index (χ1v) is 6.53. The van der Waals surface area contributed by atoms with Gasteiger partial charge in [0.1, 0.15) is 5.75 Å². The Kier molecular flexibility index (Phi) is 4.25. The van der Waals surface area contributed by atoms with Crippen LogP contribution >= 0.6 is 11.6 Å². The number of rotatable bonds is 3. The van der Waals surface area contributed by atoms with Crippen molar-refractivity contribution in [3.05, 3.63) is 58.9 Å². The lowest BCUT2D eigenvalue weighted by molar-refractivity contribution is 0.0741. The summed E-state index contributed by atoms with van der Waals surface area (Å²) in [6, 6.07) is 8.65. The Hall–Kier alpha value is -2.07. The summed E-state index contributed by atoms with van der Waals surface area (Å²) in [7, 11) is 1.71. The molecule has 4 nitrogen and oxygen atoms in total. The van der Waals surface area contributed by atoms with Gasteiger partial charge in [0.2, 0.25) is 0 Å². The Labute approximate surface area is 122 Å².